The predicted octanol–water partition coefficient (Wildman–Crippen LogP) is 1.86. The fraction of sp³-hybridized carbons (Fsp3) is 0.0952. The number of anilines is 1. The highest BCUT2D eigenvalue weighted by atomic mass is 32.2. The van der Waals surface area contributed by atoms with Gasteiger partial charge in [-0.2, -0.15) is 0 Å². The molecule has 32 heavy (non-hydrogen) atoms. The Kier molecular flexibility index (Phi) is 6.71. The molecule has 0 saturated carbocycles. The van der Waals surface area contributed by atoms with E-state index < -0.39 is 27.7 Å². The zero-order valence-electron chi connectivity index (χ0n) is 17.2. The third kappa shape index (κ3) is 5.20. The molecule has 0 aliphatic carbocycles. The molecule has 3 amide bonds. The van der Waals surface area contributed by atoms with E-state index in [2.05, 4.69) is 16.2 Å². The predicted molar refractivity (Wildman–Crippen MR) is 115 cm³/mol. The van der Waals surface area contributed by atoms with Crippen molar-refractivity contribution >= 4 is 33.4 Å². The maximum Gasteiger partial charge on any atom is 0.291 e. The Labute approximate surface area is 184 Å². The van der Waals surface area contributed by atoms with Gasteiger partial charge < -0.3 is 9.73 Å². The summed E-state index contributed by atoms with van der Waals surface area (Å²) < 4.78 is 30.5. The molecule has 166 valence electrons. The van der Waals surface area contributed by atoms with Crippen LogP contribution in [-0.4, -0.2) is 44.5 Å². The molecule has 0 atom stereocenters. The summed E-state index contributed by atoms with van der Waals surface area (Å²) in [5.74, 6) is -1.56. The third-order valence-corrected chi connectivity index (χ3v) is 6.13. The summed E-state index contributed by atoms with van der Waals surface area (Å²) in [4.78, 5) is 36.5. The van der Waals surface area contributed by atoms with Crippen LogP contribution in [0.25, 0.3) is 0 Å². The largest absolute Gasteiger partial charge is 0.459 e. The number of nitrogens with zero attached hydrogens (tertiary/aromatic N) is 1. The fourth-order valence-corrected chi connectivity index (χ4v) is 3.52. The molecule has 0 aliphatic heterocycles. The van der Waals surface area contributed by atoms with E-state index in [0.29, 0.717) is 5.69 Å². The Bertz CT molecular complexity index is 1240. The Morgan fingerprint density at radius 1 is 0.812 bits per heavy atom. The quantitative estimate of drug-likeness (QED) is 0.484. The van der Waals surface area contributed by atoms with Gasteiger partial charge in [-0.15, -0.1) is 0 Å². The van der Waals surface area contributed by atoms with Crippen molar-refractivity contribution in [2.75, 3.05) is 19.4 Å². The van der Waals surface area contributed by atoms with Crippen molar-refractivity contribution in [2.24, 2.45) is 0 Å². The number of amides is 3. The highest BCUT2D eigenvalue weighted by Crippen LogP contribution is 2.15. The minimum atomic E-state index is -3.70. The molecule has 2 aromatic carbocycles. The lowest BCUT2D eigenvalue weighted by Gasteiger charge is -2.12. The van der Waals surface area contributed by atoms with E-state index in [1.165, 1.54) is 75.0 Å². The molecule has 11 heteroatoms. The lowest BCUT2D eigenvalue weighted by Crippen LogP contribution is -2.41. The molecular formula is C21H20N4O6S. The molecule has 10 nitrogen and oxygen atoms in total. The van der Waals surface area contributed by atoms with Crippen molar-refractivity contribution in [3.05, 3.63) is 83.8 Å². The molecular weight excluding hydrogens is 436 g/mol. The number of rotatable bonds is 6. The molecule has 1 heterocycles. The van der Waals surface area contributed by atoms with Gasteiger partial charge in [0.05, 0.1) is 11.2 Å². The van der Waals surface area contributed by atoms with E-state index in [1.807, 2.05) is 0 Å². The van der Waals surface area contributed by atoms with Crippen molar-refractivity contribution < 1.29 is 27.2 Å². The zero-order chi connectivity index (χ0) is 23.3. The molecule has 3 rings (SSSR count). The second-order valence-electron chi connectivity index (χ2n) is 6.73. The van der Waals surface area contributed by atoms with E-state index in [4.69, 9.17) is 4.42 Å². The minimum absolute atomic E-state index is 0.0475. The number of furan rings is 1. The number of carbonyl (C=O) groups is 3. The highest BCUT2D eigenvalue weighted by molar-refractivity contribution is 7.89. The van der Waals surface area contributed by atoms with Gasteiger partial charge in [0, 0.05) is 30.9 Å². The van der Waals surface area contributed by atoms with Crippen molar-refractivity contribution in [1.29, 1.82) is 0 Å². The molecule has 0 bridgehead atoms. The first-order valence-corrected chi connectivity index (χ1v) is 10.7. The Hall–Kier alpha value is -3.96. The number of sulfonamides is 1. The van der Waals surface area contributed by atoms with Crippen LogP contribution >= 0.6 is 0 Å². The van der Waals surface area contributed by atoms with E-state index in [-0.39, 0.29) is 21.8 Å². The molecule has 3 N–H and O–H groups in total. The topological polar surface area (TPSA) is 138 Å². The molecule has 0 aliphatic rings. The summed E-state index contributed by atoms with van der Waals surface area (Å²) in [5, 5.41) is 2.62. The van der Waals surface area contributed by atoms with Gasteiger partial charge in [0.15, 0.2) is 5.76 Å². The summed E-state index contributed by atoms with van der Waals surface area (Å²) in [6, 6.07) is 14.5. The summed E-state index contributed by atoms with van der Waals surface area (Å²) in [7, 11) is -0.934. The summed E-state index contributed by atoms with van der Waals surface area (Å²) >= 11 is 0. The standard InChI is InChI=1S/C21H20N4O6S/c1-25(2)32(29,30)17-6-3-5-15(13-17)20(27)24-23-19(26)14-8-10-16(11-9-14)22-21(28)18-7-4-12-31-18/h3-13H,1-2H3,(H,22,28)(H,23,26)(H,24,27). The number of nitrogens with one attached hydrogen (secondary N) is 3. The zero-order valence-corrected chi connectivity index (χ0v) is 18.0. The van der Waals surface area contributed by atoms with Crippen LogP contribution in [0.3, 0.4) is 0 Å². The van der Waals surface area contributed by atoms with Crippen LogP contribution in [0, 0.1) is 0 Å². The van der Waals surface area contributed by atoms with Crippen molar-refractivity contribution in [3.8, 4) is 0 Å². The van der Waals surface area contributed by atoms with Gasteiger partial charge in [0.2, 0.25) is 10.0 Å². The van der Waals surface area contributed by atoms with Crippen molar-refractivity contribution in [2.45, 2.75) is 4.90 Å². The van der Waals surface area contributed by atoms with Crippen LogP contribution in [0.4, 0.5) is 5.69 Å². The second kappa shape index (κ2) is 9.45. The normalized spacial score (nSPS) is 11.1. The Morgan fingerprint density at radius 3 is 2.06 bits per heavy atom. The van der Waals surface area contributed by atoms with Gasteiger partial charge in [-0.3, -0.25) is 25.2 Å². The number of hydrogen-bond donors (Lipinski definition) is 3. The maximum absolute atomic E-state index is 12.3. The molecule has 0 unspecified atom stereocenters. The number of hydrogen-bond acceptors (Lipinski definition) is 6. The number of hydrazine groups is 1. The summed E-state index contributed by atoms with van der Waals surface area (Å²) in [6.07, 6.45) is 1.38. The van der Waals surface area contributed by atoms with E-state index in [1.54, 1.807) is 6.07 Å². The van der Waals surface area contributed by atoms with Crippen LogP contribution in [-0.2, 0) is 10.0 Å². The van der Waals surface area contributed by atoms with Gasteiger partial charge in [-0.1, -0.05) is 6.07 Å². The monoisotopic (exact) mass is 456 g/mol. The number of benzene rings is 2. The molecule has 0 spiro atoms. The van der Waals surface area contributed by atoms with Gasteiger partial charge in [0.25, 0.3) is 17.7 Å². The van der Waals surface area contributed by atoms with Gasteiger partial charge in [-0.05, 0) is 54.6 Å². The summed E-state index contributed by atoms with van der Waals surface area (Å²) in [6.45, 7) is 0. The highest BCUT2D eigenvalue weighted by Gasteiger charge is 2.19. The van der Waals surface area contributed by atoms with Gasteiger partial charge in [-0.25, -0.2) is 12.7 Å². The summed E-state index contributed by atoms with van der Waals surface area (Å²) in [5.41, 5.74) is 5.24. The smallest absolute Gasteiger partial charge is 0.291 e. The SMILES string of the molecule is CN(C)S(=O)(=O)c1cccc(C(=O)NNC(=O)c2ccc(NC(=O)c3ccco3)cc2)c1. The lowest BCUT2D eigenvalue weighted by atomic mass is 10.2. The van der Waals surface area contributed by atoms with Crippen LogP contribution in [0.1, 0.15) is 31.3 Å². The molecule has 3 aromatic rings. The molecule has 0 saturated heterocycles. The first kappa shape index (κ1) is 22.7. The average molecular weight is 456 g/mol. The van der Waals surface area contributed by atoms with Crippen molar-refractivity contribution in [1.82, 2.24) is 15.2 Å². The van der Waals surface area contributed by atoms with Crippen LogP contribution in [0.5, 0.6) is 0 Å². The van der Waals surface area contributed by atoms with Crippen LogP contribution in [0.2, 0.25) is 0 Å². The first-order valence-electron chi connectivity index (χ1n) is 9.26. The Morgan fingerprint density at radius 2 is 1.47 bits per heavy atom. The third-order valence-electron chi connectivity index (χ3n) is 4.31. The second-order valence-corrected chi connectivity index (χ2v) is 8.88. The molecule has 1 aromatic heterocycles. The maximum atomic E-state index is 12.3. The number of carbonyl (C=O) groups excluding carboxylic acids is 3. The van der Waals surface area contributed by atoms with E-state index >= 15 is 0 Å². The minimum Gasteiger partial charge on any atom is -0.459 e. The van der Waals surface area contributed by atoms with Gasteiger partial charge >= 0.3 is 0 Å². The lowest BCUT2D eigenvalue weighted by molar-refractivity contribution is 0.0846. The van der Waals surface area contributed by atoms with E-state index in [9.17, 15) is 22.8 Å². The van der Waals surface area contributed by atoms with Crippen LogP contribution in [0.15, 0.2) is 76.2 Å². The van der Waals surface area contributed by atoms with Crippen LogP contribution < -0.4 is 16.2 Å². The first-order chi connectivity index (χ1) is 15.2. The molecule has 0 fully saturated rings. The molecule has 0 radical (unpaired) electrons. The fourth-order valence-electron chi connectivity index (χ4n) is 2.57. The van der Waals surface area contributed by atoms with E-state index in [0.717, 1.165) is 4.31 Å². The van der Waals surface area contributed by atoms with Crippen molar-refractivity contribution in [3.63, 3.8) is 0 Å². The Balaban J connectivity index is 1.60. The van der Waals surface area contributed by atoms with Gasteiger partial charge in [0.1, 0.15) is 0 Å². The average Bonchev–Trinajstić information content (AvgIpc) is 3.33.